The number of methoxy groups -OCH3 is 2. The minimum absolute atomic E-state index is 0.383. The molecule has 14 heavy (non-hydrogen) atoms. The van der Waals surface area contributed by atoms with E-state index in [9.17, 15) is 9.59 Å². The Kier molecular flexibility index (Phi) is 2.93. The van der Waals surface area contributed by atoms with Crippen molar-refractivity contribution < 1.29 is 19.1 Å². The van der Waals surface area contributed by atoms with Crippen LogP contribution in [0.2, 0.25) is 0 Å². The molecular weight excluding hydrogens is 184 g/mol. The summed E-state index contributed by atoms with van der Waals surface area (Å²) in [7, 11) is 2.62. The third-order valence-electron chi connectivity index (χ3n) is 2.63. The summed E-state index contributed by atoms with van der Waals surface area (Å²) >= 11 is 0. The van der Waals surface area contributed by atoms with E-state index in [4.69, 9.17) is 0 Å². The van der Waals surface area contributed by atoms with Crippen molar-refractivity contribution in [3.8, 4) is 0 Å². The maximum atomic E-state index is 11.5. The number of rotatable bonds is 2. The van der Waals surface area contributed by atoms with Gasteiger partial charge in [-0.3, -0.25) is 4.79 Å². The van der Waals surface area contributed by atoms with Crippen LogP contribution >= 0.6 is 0 Å². The van der Waals surface area contributed by atoms with Crippen LogP contribution in [0.15, 0.2) is 11.6 Å². The molecule has 1 aliphatic carbocycles. The van der Waals surface area contributed by atoms with Crippen molar-refractivity contribution in [2.75, 3.05) is 14.2 Å². The van der Waals surface area contributed by atoms with Crippen LogP contribution in [0.25, 0.3) is 0 Å². The first-order valence-electron chi connectivity index (χ1n) is 4.43. The summed E-state index contributed by atoms with van der Waals surface area (Å²) in [5.41, 5.74) is -0.422. The second-order valence-corrected chi connectivity index (χ2v) is 3.47. The lowest BCUT2D eigenvalue weighted by Crippen LogP contribution is -2.32. The molecule has 4 nitrogen and oxygen atoms in total. The number of carbonyl (C=O) groups excluding carboxylic acids is 2. The molecule has 0 aromatic carbocycles. The van der Waals surface area contributed by atoms with E-state index < -0.39 is 11.4 Å². The number of ether oxygens (including phenoxy) is 2. The molecule has 0 radical (unpaired) electrons. The Hall–Kier alpha value is -1.32. The van der Waals surface area contributed by atoms with Gasteiger partial charge < -0.3 is 9.47 Å². The summed E-state index contributed by atoms with van der Waals surface area (Å²) in [6, 6.07) is 0. The summed E-state index contributed by atoms with van der Waals surface area (Å²) in [5.74, 6) is -0.831. The van der Waals surface area contributed by atoms with Crippen LogP contribution in [0.4, 0.5) is 0 Å². The van der Waals surface area contributed by atoms with Gasteiger partial charge >= 0.3 is 11.9 Å². The monoisotopic (exact) mass is 198 g/mol. The predicted octanol–water partition coefficient (Wildman–Crippen LogP) is 1.06. The molecule has 1 rings (SSSR count). The fourth-order valence-corrected chi connectivity index (χ4v) is 1.72. The van der Waals surface area contributed by atoms with Crippen molar-refractivity contribution in [3.05, 3.63) is 11.6 Å². The van der Waals surface area contributed by atoms with Gasteiger partial charge in [-0.05, 0) is 19.8 Å². The Morgan fingerprint density at radius 3 is 2.50 bits per heavy atom. The summed E-state index contributed by atoms with van der Waals surface area (Å²) in [4.78, 5) is 22.8. The standard InChI is InChI=1S/C10H14O4/c1-10(9(12)14-3)6-4-5-7(10)8(11)13-2/h5H,4,6H2,1-3H3. The van der Waals surface area contributed by atoms with E-state index in [0.29, 0.717) is 18.4 Å². The van der Waals surface area contributed by atoms with Crippen molar-refractivity contribution in [3.63, 3.8) is 0 Å². The molecule has 0 aliphatic heterocycles. The van der Waals surface area contributed by atoms with Gasteiger partial charge in [-0.2, -0.15) is 0 Å². The molecule has 1 unspecified atom stereocenters. The van der Waals surface area contributed by atoms with Gasteiger partial charge in [0.2, 0.25) is 0 Å². The first kappa shape index (κ1) is 10.8. The van der Waals surface area contributed by atoms with Gasteiger partial charge in [-0.1, -0.05) is 6.08 Å². The zero-order valence-corrected chi connectivity index (χ0v) is 8.62. The van der Waals surface area contributed by atoms with E-state index >= 15 is 0 Å². The zero-order valence-electron chi connectivity index (χ0n) is 8.62. The molecule has 0 N–H and O–H groups in total. The van der Waals surface area contributed by atoms with Crippen molar-refractivity contribution >= 4 is 11.9 Å². The Labute approximate surface area is 82.9 Å². The van der Waals surface area contributed by atoms with Crippen molar-refractivity contribution in [1.82, 2.24) is 0 Å². The molecule has 0 bridgehead atoms. The molecule has 1 aliphatic rings. The number of carbonyl (C=O) groups is 2. The van der Waals surface area contributed by atoms with Gasteiger partial charge in [0.1, 0.15) is 0 Å². The molecule has 1 atom stereocenters. The highest BCUT2D eigenvalue weighted by molar-refractivity contribution is 5.98. The second-order valence-electron chi connectivity index (χ2n) is 3.47. The van der Waals surface area contributed by atoms with Crippen LogP contribution in [0.1, 0.15) is 19.8 Å². The molecular formula is C10H14O4. The molecule has 0 saturated carbocycles. The smallest absolute Gasteiger partial charge is 0.334 e. The van der Waals surface area contributed by atoms with E-state index in [1.807, 2.05) is 0 Å². The third-order valence-corrected chi connectivity index (χ3v) is 2.63. The molecule has 78 valence electrons. The highest BCUT2D eigenvalue weighted by Crippen LogP contribution is 2.40. The Morgan fingerprint density at radius 2 is 2.00 bits per heavy atom. The van der Waals surface area contributed by atoms with Crippen LogP contribution in [0.5, 0.6) is 0 Å². The zero-order chi connectivity index (χ0) is 10.8. The van der Waals surface area contributed by atoms with E-state index in [1.54, 1.807) is 13.0 Å². The van der Waals surface area contributed by atoms with Crippen LogP contribution in [0, 0.1) is 5.41 Å². The maximum absolute atomic E-state index is 11.5. The van der Waals surface area contributed by atoms with Crippen LogP contribution in [-0.4, -0.2) is 26.2 Å². The lowest BCUT2D eigenvalue weighted by Gasteiger charge is -2.22. The van der Waals surface area contributed by atoms with Crippen LogP contribution in [0.3, 0.4) is 0 Å². The predicted molar refractivity (Wildman–Crippen MR) is 49.5 cm³/mol. The highest BCUT2D eigenvalue weighted by Gasteiger charge is 2.44. The van der Waals surface area contributed by atoms with E-state index in [1.165, 1.54) is 14.2 Å². The largest absolute Gasteiger partial charge is 0.468 e. The molecule has 4 heteroatoms. The summed E-state index contributed by atoms with van der Waals surface area (Å²) < 4.78 is 9.28. The Bertz CT molecular complexity index is 292. The third kappa shape index (κ3) is 1.52. The summed E-state index contributed by atoms with van der Waals surface area (Å²) in [5, 5.41) is 0. The summed E-state index contributed by atoms with van der Waals surface area (Å²) in [6.45, 7) is 1.70. The van der Waals surface area contributed by atoms with Crippen molar-refractivity contribution in [2.45, 2.75) is 19.8 Å². The topological polar surface area (TPSA) is 52.6 Å². The van der Waals surface area contributed by atoms with E-state index in [0.717, 1.165) is 0 Å². The molecule has 0 heterocycles. The normalized spacial score (nSPS) is 25.5. The van der Waals surface area contributed by atoms with Crippen molar-refractivity contribution in [2.24, 2.45) is 5.41 Å². The minimum Gasteiger partial charge on any atom is -0.468 e. The molecule has 0 fully saturated rings. The van der Waals surface area contributed by atoms with Gasteiger partial charge in [0.15, 0.2) is 0 Å². The first-order chi connectivity index (χ1) is 6.56. The van der Waals surface area contributed by atoms with Gasteiger partial charge in [0, 0.05) is 0 Å². The van der Waals surface area contributed by atoms with Crippen LogP contribution < -0.4 is 0 Å². The number of hydrogen-bond donors (Lipinski definition) is 0. The summed E-state index contributed by atoms with van der Waals surface area (Å²) in [6.07, 6.45) is 3.04. The van der Waals surface area contributed by atoms with Crippen LogP contribution in [-0.2, 0) is 19.1 Å². The fourth-order valence-electron chi connectivity index (χ4n) is 1.72. The number of allylic oxidation sites excluding steroid dienone is 1. The molecule has 0 spiro atoms. The Balaban J connectivity index is 2.96. The lowest BCUT2D eigenvalue weighted by atomic mass is 9.83. The number of hydrogen-bond acceptors (Lipinski definition) is 4. The van der Waals surface area contributed by atoms with Gasteiger partial charge in [0.05, 0.1) is 25.2 Å². The van der Waals surface area contributed by atoms with E-state index in [-0.39, 0.29) is 5.97 Å². The first-order valence-corrected chi connectivity index (χ1v) is 4.43. The van der Waals surface area contributed by atoms with Gasteiger partial charge in [-0.15, -0.1) is 0 Å². The highest BCUT2D eigenvalue weighted by atomic mass is 16.5. The van der Waals surface area contributed by atoms with Gasteiger partial charge in [0.25, 0.3) is 0 Å². The second kappa shape index (κ2) is 3.82. The van der Waals surface area contributed by atoms with E-state index in [2.05, 4.69) is 9.47 Å². The molecule has 0 aromatic heterocycles. The average Bonchev–Trinajstić information content (AvgIpc) is 2.59. The number of esters is 2. The van der Waals surface area contributed by atoms with Crippen molar-refractivity contribution in [1.29, 1.82) is 0 Å². The Morgan fingerprint density at radius 1 is 1.36 bits per heavy atom. The maximum Gasteiger partial charge on any atom is 0.334 e. The molecule has 0 amide bonds. The average molecular weight is 198 g/mol. The minimum atomic E-state index is -0.832. The SMILES string of the molecule is COC(=O)C1=CCCC1(C)C(=O)OC. The molecule has 0 aromatic rings. The lowest BCUT2D eigenvalue weighted by molar-refractivity contribution is -0.152. The quantitative estimate of drug-likeness (QED) is 0.622. The van der Waals surface area contributed by atoms with Gasteiger partial charge in [-0.25, -0.2) is 4.79 Å². The fraction of sp³-hybridized carbons (Fsp3) is 0.600. The molecule has 0 saturated heterocycles.